The molecule has 0 aromatic heterocycles. The first kappa shape index (κ1) is 12.8. The number of nitrogens with one attached hydrogen (secondary N) is 1. The van der Waals surface area contributed by atoms with Crippen LogP contribution in [0.2, 0.25) is 0 Å². The summed E-state index contributed by atoms with van der Waals surface area (Å²) in [5.74, 6) is 3.49. The fourth-order valence-electron chi connectivity index (χ4n) is 0.359. The lowest BCUT2D eigenvalue weighted by Gasteiger charge is -2.03. The number of primary amides is 1. The van der Waals surface area contributed by atoms with Gasteiger partial charge >= 0.3 is 0 Å². The number of nitrogens with two attached hydrogens (primary N) is 3. The van der Waals surface area contributed by atoms with Crippen molar-refractivity contribution >= 4 is 24.2 Å². The molecule has 1 atom stereocenters. The van der Waals surface area contributed by atoms with Gasteiger partial charge in [-0.05, 0) is 0 Å². The summed E-state index contributed by atoms with van der Waals surface area (Å²) >= 11 is 0. The molecule has 0 spiro atoms. The van der Waals surface area contributed by atoms with Crippen LogP contribution in [0.5, 0.6) is 0 Å². The number of hydrogen-bond donors (Lipinski definition) is 4. The Morgan fingerprint density at radius 2 is 1.91 bits per heavy atom. The zero-order valence-corrected chi connectivity index (χ0v) is 6.56. The minimum atomic E-state index is -0.955. The van der Waals surface area contributed by atoms with E-state index in [1.54, 1.807) is 0 Å². The van der Waals surface area contributed by atoms with E-state index in [0.29, 0.717) is 0 Å². The van der Waals surface area contributed by atoms with Crippen LogP contribution in [0.3, 0.4) is 0 Å². The Hall–Kier alpha value is -0.850. The summed E-state index contributed by atoms with van der Waals surface area (Å²) in [6.07, 6.45) is -0.175. The van der Waals surface area contributed by atoms with Crippen molar-refractivity contribution in [2.45, 2.75) is 12.5 Å². The number of carbonyl (C=O) groups excluding carboxylic acids is 2. The van der Waals surface area contributed by atoms with E-state index in [-0.39, 0.29) is 18.8 Å². The van der Waals surface area contributed by atoms with Crippen molar-refractivity contribution in [1.29, 1.82) is 0 Å². The Morgan fingerprint density at radius 3 is 2.18 bits per heavy atom. The fourth-order valence-corrected chi connectivity index (χ4v) is 0.359. The van der Waals surface area contributed by atoms with Gasteiger partial charge in [0.05, 0.1) is 12.5 Å². The second-order valence-electron chi connectivity index (χ2n) is 1.78. The average molecular weight is 183 g/mol. The van der Waals surface area contributed by atoms with Crippen molar-refractivity contribution < 1.29 is 9.59 Å². The fraction of sp³-hybridized carbons (Fsp3) is 0.500. The van der Waals surface area contributed by atoms with E-state index in [9.17, 15) is 9.59 Å². The minimum Gasteiger partial charge on any atom is -0.368 e. The molecular weight excluding hydrogens is 172 g/mol. The van der Waals surface area contributed by atoms with Gasteiger partial charge < -0.3 is 11.5 Å². The van der Waals surface area contributed by atoms with Gasteiger partial charge in [0.1, 0.15) is 0 Å². The van der Waals surface area contributed by atoms with Gasteiger partial charge in [-0.25, -0.2) is 5.84 Å². The Labute approximate surface area is 69.8 Å². The molecule has 0 aliphatic heterocycles. The number of rotatable bonds is 3. The highest BCUT2D eigenvalue weighted by atomic mass is 35.5. The average Bonchev–Trinajstić information content (AvgIpc) is 1.87. The number of halogens is 1. The monoisotopic (exact) mass is 182 g/mol. The van der Waals surface area contributed by atoms with Gasteiger partial charge in [0.25, 0.3) is 0 Å². The lowest BCUT2D eigenvalue weighted by Crippen LogP contribution is -2.42. The first-order valence-electron chi connectivity index (χ1n) is 2.62. The second kappa shape index (κ2) is 5.90. The third-order valence-corrected chi connectivity index (χ3v) is 0.932. The predicted molar refractivity (Wildman–Crippen MR) is 41.4 cm³/mol. The van der Waals surface area contributed by atoms with Crippen LogP contribution in [0.25, 0.3) is 0 Å². The van der Waals surface area contributed by atoms with Crippen molar-refractivity contribution in [2.24, 2.45) is 17.3 Å². The van der Waals surface area contributed by atoms with Crippen LogP contribution in [-0.2, 0) is 9.59 Å². The molecule has 7 N–H and O–H groups in total. The molecule has 0 rings (SSSR count). The Balaban J connectivity index is 0. The first-order valence-corrected chi connectivity index (χ1v) is 2.62. The van der Waals surface area contributed by atoms with Gasteiger partial charge in [0, 0.05) is 0 Å². The van der Waals surface area contributed by atoms with Crippen molar-refractivity contribution in [3.63, 3.8) is 0 Å². The molecule has 0 aliphatic carbocycles. The summed E-state index contributed by atoms with van der Waals surface area (Å²) in [7, 11) is 0. The molecule has 7 heteroatoms. The SMILES string of the molecule is Cl.NNC(=O)CC(N)C(N)=O. The van der Waals surface area contributed by atoms with Crippen LogP contribution in [-0.4, -0.2) is 17.9 Å². The van der Waals surface area contributed by atoms with Crippen molar-refractivity contribution in [3.05, 3.63) is 0 Å². The molecule has 1 unspecified atom stereocenters. The van der Waals surface area contributed by atoms with Crippen LogP contribution >= 0.6 is 12.4 Å². The third kappa shape index (κ3) is 5.59. The molecule has 0 aromatic carbocycles. The highest BCUT2D eigenvalue weighted by Gasteiger charge is 2.12. The van der Waals surface area contributed by atoms with Gasteiger partial charge in [-0.1, -0.05) is 0 Å². The van der Waals surface area contributed by atoms with E-state index in [2.05, 4.69) is 0 Å². The van der Waals surface area contributed by atoms with Gasteiger partial charge in [-0.15, -0.1) is 12.4 Å². The standard InChI is InChI=1S/C4H10N4O2.ClH/c5-2(4(6)10)1-3(9)8-7;/h2H,1,5,7H2,(H2,6,10)(H,8,9);1H. The van der Waals surface area contributed by atoms with Gasteiger partial charge in [-0.2, -0.15) is 0 Å². The molecule has 0 saturated heterocycles. The zero-order valence-electron chi connectivity index (χ0n) is 5.74. The summed E-state index contributed by atoms with van der Waals surface area (Å²) in [5.41, 5.74) is 11.7. The number of hydrogen-bond acceptors (Lipinski definition) is 4. The van der Waals surface area contributed by atoms with Crippen LogP contribution in [0.1, 0.15) is 6.42 Å². The van der Waals surface area contributed by atoms with E-state index in [1.807, 2.05) is 5.43 Å². The molecule has 66 valence electrons. The van der Waals surface area contributed by atoms with E-state index in [4.69, 9.17) is 17.3 Å². The normalized spacial score (nSPS) is 11.1. The highest BCUT2D eigenvalue weighted by molar-refractivity contribution is 5.86. The van der Waals surface area contributed by atoms with E-state index < -0.39 is 17.9 Å². The lowest BCUT2D eigenvalue weighted by molar-refractivity contribution is -0.126. The quantitative estimate of drug-likeness (QED) is 0.221. The number of amides is 2. The molecule has 0 fully saturated rings. The maximum atomic E-state index is 10.4. The Morgan fingerprint density at radius 1 is 1.45 bits per heavy atom. The van der Waals surface area contributed by atoms with Gasteiger partial charge in [0.15, 0.2) is 0 Å². The summed E-state index contributed by atoms with van der Waals surface area (Å²) in [6, 6.07) is -0.955. The van der Waals surface area contributed by atoms with Crippen LogP contribution in [0.15, 0.2) is 0 Å². The number of carbonyl (C=O) groups is 2. The molecule has 0 bridgehead atoms. The molecule has 0 aromatic rings. The topological polar surface area (TPSA) is 124 Å². The predicted octanol–water partition coefficient (Wildman–Crippen LogP) is -2.40. The molecule has 0 radical (unpaired) electrons. The van der Waals surface area contributed by atoms with Crippen LogP contribution in [0, 0.1) is 0 Å². The molecule has 2 amide bonds. The zero-order chi connectivity index (χ0) is 8.15. The third-order valence-electron chi connectivity index (χ3n) is 0.932. The molecule has 0 saturated carbocycles. The summed E-state index contributed by atoms with van der Waals surface area (Å²) in [4.78, 5) is 20.6. The van der Waals surface area contributed by atoms with E-state index >= 15 is 0 Å². The summed E-state index contributed by atoms with van der Waals surface area (Å²) < 4.78 is 0. The Bertz CT molecular complexity index is 151. The maximum absolute atomic E-state index is 10.4. The molecular formula is C4H11ClN4O2. The van der Waals surface area contributed by atoms with Crippen molar-refractivity contribution in [2.75, 3.05) is 0 Å². The molecule has 11 heavy (non-hydrogen) atoms. The van der Waals surface area contributed by atoms with Crippen molar-refractivity contribution in [1.82, 2.24) is 5.43 Å². The largest absolute Gasteiger partial charge is 0.368 e. The van der Waals surface area contributed by atoms with E-state index in [1.165, 1.54) is 0 Å². The van der Waals surface area contributed by atoms with Gasteiger partial charge in [0.2, 0.25) is 11.8 Å². The first-order chi connectivity index (χ1) is 4.57. The lowest BCUT2D eigenvalue weighted by atomic mass is 10.2. The van der Waals surface area contributed by atoms with Crippen molar-refractivity contribution in [3.8, 4) is 0 Å². The Kier molecular flexibility index (Phi) is 6.86. The second-order valence-corrected chi connectivity index (χ2v) is 1.78. The van der Waals surface area contributed by atoms with Crippen LogP contribution < -0.4 is 22.7 Å². The molecule has 6 nitrogen and oxygen atoms in total. The number of hydrazine groups is 1. The minimum absolute atomic E-state index is 0. The van der Waals surface area contributed by atoms with E-state index in [0.717, 1.165) is 0 Å². The molecule has 0 aliphatic rings. The summed E-state index contributed by atoms with van der Waals surface area (Å²) in [5, 5.41) is 0. The van der Waals surface area contributed by atoms with Gasteiger partial charge in [-0.3, -0.25) is 15.0 Å². The van der Waals surface area contributed by atoms with Crippen LogP contribution in [0.4, 0.5) is 0 Å². The highest BCUT2D eigenvalue weighted by Crippen LogP contribution is 1.84. The molecule has 0 heterocycles. The smallest absolute Gasteiger partial charge is 0.235 e. The summed E-state index contributed by atoms with van der Waals surface area (Å²) in [6.45, 7) is 0. The maximum Gasteiger partial charge on any atom is 0.235 e.